The highest BCUT2D eigenvalue weighted by Gasteiger charge is 2.50. The van der Waals surface area contributed by atoms with Crippen LogP contribution in [0.1, 0.15) is 17.5 Å². The topological polar surface area (TPSA) is 110 Å². The molecule has 0 saturated heterocycles. The van der Waals surface area contributed by atoms with Crippen LogP contribution in [0.3, 0.4) is 0 Å². The van der Waals surface area contributed by atoms with Crippen LogP contribution in [0.2, 0.25) is 0 Å². The maximum atomic E-state index is 13.5. The number of aliphatic hydroxyl groups is 1. The molecule has 0 saturated carbocycles. The highest BCUT2D eigenvalue weighted by molar-refractivity contribution is 7.59. The SMILES string of the molecule is COC(=O)C[C@@H](CP(=O)(O)C(O)(c1ccccc1)c1ccccc1)C(=O)OC. The van der Waals surface area contributed by atoms with Crippen LogP contribution >= 0.6 is 7.37 Å². The van der Waals surface area contributed by atoms with E-state index in [1.54, 1.807) is 36.4 Å². The molecule has 2 N–H and O–H groups in total. The maximum Gasteiger partial charge on any atom is 0.309 e. The van der Waals surface area contributed by atoms with E-state index in [4.69, 9.17) is 0 Å². The highest BCUT2D eigenvalue weighted by Crippen LogP contribution is 2.62. The summed E-state index contributed by atoms with van der Waals surface area (Å²) in [4.78, 5) is 34.7. The Hall–Kier alpha value is -2.47. The summed E-state index contributed by atoms with van der Waals surface area (Å²) in [6, 6.07) is 16.1. The summed E-state index contributed by atoms with van der Waals surface area (Å²) in [5.41, 5.74) is 0.405. The Balaban J connectivity index is 2.53. The second-order valence-corrected chi connectivity index (χ2v) is 8.70. The fourth-order valence-electron chi connectivity index (χ4n) is 3.02. The van der Waals surface area contributed by atoms with Crippen LogP contribution in [-0.2, 0) is 29.0 Å². The first-order chi connectivity index (χ1) is 13.3. The van der Waals surface area contributed by atoms with Gasteiger partial charge in [-0.1, -0.05) is 60.7 Å². The van der Waals surface area contributed by atoms with Crippen molar-refractivity contribution in [2.75, 3.05) is 20.4 Å². The second-order valence-electron chi connectivity index (χ2n) is 6.29. The third-order valence-corrected chi connectivity index (χ3v) is 6.96. The summed E-state index contributed by atoms with van der Waals surface area (Å²) < 4.78 is 22.7. The van der Waals surface area contributed by atoms with Gasteiger partial charge >= 0.3 is 11.9 Å². The summed E-state index contributed by atoms with van der Waals surface area (Å²) in [7, 11) is -2.23. The molecule has 1 unspecified atom stereocenters. The maximum absolute atomic E-state index is 13.5. The van der Waals surface area contributed by atoms with Crippen molar-refractivity contribution in [1.29, 1.82) is 0 Å². The van der Waals surface area contributed by atoms with E-state index in [0.29, 0.717) is 0 Å². The standard InChI is InChI=1S/C20H23O7P/c1-26-18(21)13-15(19(22)27-2)14-28(24,25)20(23,16-9-5-3-6-10-16)17-11-7-4-8-12-17/h3-12,15,23H,13-14H2,1-2H3,(H,24,25)/t15-/m0/s1. The van der Waals surface area contributed by atoms with E-state index in [9.17, 15) is 24.2 Å². The predicted molar refractivity (Wildman–Crippen MR) is 103 cm³/mol. The number of hydrogen-bond donors (Lipinski definition) is 2. The van der Waals surface area contributed by atoms with Crippen molar-refractivity contribution in [2.24, 2.45) is 5.92 Å². The van der Waals surface area contributed by atoms with Gasteiger partial charge in [-0.15, -0.1) is 0 Å². The average Bonchev–Trinajstić information content (AvgIpc) is 2.72. The van der Waals surface area contributed by atoms with Crippen LogP contribution in [0.4, 0.5) is 0 Å². The van der Waals surface area contributed by atoms with E-state index >= 15 is 0 Å². The first kappa shape index (κ1) is 21.8. The zero-order valence-electron chi connectivity index (χ0n) is 15.6. The Labute approximate surface area is 163 Å². The molecule has 0 bridgehead atoms. The lowest BCUT2D eigenvalue weighted by molar-refractivity contribution is -0.151. The smallest absolute Gasteiger partial charge is 0.309 e. The molecule has 28 heavy (non-hydrogen) atoms. The highest BCUT2D eigenvalue weighted by atomic mass is 31.2. The van der Waals surface area contributed by atoms with Crippen LogP contribution in [0.5, 0.6) is 0 Å². The molecule has 2 aromatic rings. The van der Waals surface area contributed by atoms with Gasteiger partial charge in [0, 0.05) is 6.16 Å². The third kappa shape index (κ3) is 4.50. The van der Waals surface area contributed by atoms with Crippen LogP contribution in [0.25, 0.3) is 0 Å². The Bertz CT molecular complexity index is 812. The molecule has 0 radical (unpaired) electrons. The van der Waals surface area contributed by atoms with E-state index in [1.807, 2.05) is 0 Å². The fraction of sp³-hybridized carbons (Fsp3) is 0.300. The average molecular weight is 406 g/mol. The molecular weight excluding hydrogens is 383 g/mol. The largest absolute Gasteiger partial charge is 0.469 e. The van der Waals surface area contributed by atoms with Gasteiger partial charge in [0.15, 0.2) is 5.34 Å². The molecular formula is C20H23O7P. The first-order valence-corrected chi connectivity index (χ1v) is 10.4. The molecule has 0 amide bonds. The Morgan fingerprint density at radius 1 is 0.964 bits per heavy atom. The molecule has 0 fully saturated rings. The predicted octanol–water partition coefficient (Wildman–Crippen LogP) is 2.50. The van der Waals surface area contributed by atoms with Crippen molar-refractivity contribution >= 4 is 19.3 Å². The number of esters is 2. The van der Waals surface area contributed by atoms with Gasteiger partial charge < -0.3 is 19.5 Å². The summed E-state index contributed by atoms with van der Waals surface area (Å²) >= 11 is 0. The van der Waals surface area contributed by atoms with E-state index in [0.717, 1.165) is 14.2 Å². The minimum Gasteiger partial charge on any atom is -0.469 e. The number of ether oxygens (including phenoxy) is 2. The van der Waals surface area contributed by atoms with Gasteiger partial charge in [0.1, 0.15) is 0 Å². The summed E-state index contributed by atoms with van der Waals surface area (Å²) in [5.74, 6) is -2.80. The van der Waals surface area contributed by atoms with Gasteiger partial charge in [-0.05, 0) is 11.1 Å². The second kappa shape index (κ2) is 9.15. The van der Waals surface area contributed by atoms with E-state index in [1.165, 1.54) is 24.3 Å². The lowest BCUT2D eigenvalue weighted by Crippen LogP contribution is -2.33. The molecule has 8 heteroatoms. The van der Waals surface area contributed by atoms with Gasteiger partial charge in [0.25, 0.3) is 0 Å². The van der Waals surface area contributed by atoms with Crippen LogP contribution < -0.4 is 0 Å². The van der Waals surface area contributed by atoms with Gasteiger partial charge in [-0.2, -0.15) is 0 Å². The molecule has 0 aromatic heterocycles. The van der Waals surface area contributed by atoms with Gasteiger partial charge in [0.2, 0.25) is 7.37 Å². The summed E-state index contributed by atoms with van der Waals surface area (Å²) in [6.45, 7) is 0. The zero-order valence-corrected chi connectivity index (χ0v) is 16.5. The van der Waals surface area contributed by atoms with Gasteiger partial charge in [-0.25, -0.2) is 0 Å². The van der Waals surface area contributed by atoms with Crippen LogP contribution in [0.15, 0.2) is 60.7 Å². The van der Waals surface area contributed by atoms with Crippen molar-refractivity contribution in [1.82, 2.24) is 0 Å². The lowest BCUT2D eigenvalue weighted by atomic mass is 10.0. The van der Waals surface area contributed by atoms with Crippen molar-refractivity contribution in [3.8, 4) is 0 Å². The van der Waals surface area contributed by atoms with E-state index < -0.39 is 43.2 Å². The number of benzene rings is 2. The molecule has 0 aliphatic heterocycles. The molecule has 2 atom stereocenters. The Kier molecular flexibility index (Phi) is 7.13. The molecule has 0 spiro atoms. The molecule has 0 aliphatic rings. The van der Waals surface area contributed by atoms with E-state index in [-0.39, 0.29) is 11.1 Å². The summed E-state index contributed by atoms with van der Waals surface area (Å²) in [6.07, 6.45) is -1.09. The number of methoxy groups -OCH3 is 2. The molecule has 150 valence electrons. The quantitative estimate of drug-likeness (QED) is 0.512. The molecule has 0 aliphatic carbocycles. The summed E-state index contributed by atoms with van der Waals surface area (Å²) in [5, 5.41) is 9.23. The molecule has 2 aromatic carbocycles. The normalized spacial score (nSPS) is 14.6. The monoisotopic (exact) mass is 406 g/mol. The fourth-order valence-corrected chi connectivity index (χ4v) is 5.26. The number of rotatable bonds is 8. The van der Waals surface area contributed by atoms with Crippen molar-refractivity contribution < 1.29 is 33.6 Å². The minimum atomic E-state index is -4.50. The minimum absolute atomic E-state index is 0.203. The molecule has 0 heterocycles. The molecule has 2 rings (SSSR count). The zero-order chi connectivity index (χ0) is 20.8. The number of hydrogen-bond acceptors (Lipinski definition) is 6. The van der Waals surface area contributed by atoms with Crippen LogP contribution in [-0.4, -0.2) is 42.3 Å². The Morgan fingerprint density at radius 2 is 1.43 bits per heavy atom. The van der Waals surface area contributed by atoms with E-state index in [2.05, 4.69) is 9.47 Å². The number of carbonyl (C=O) groups is 2. The molecule has 7 nitrogen and oxygen atoms in total. The number of carbonyl (C=O) groups excluding carboxylic acids is 2. The van der Waals surface area contributed by atoms with Crippen molar-refractivity contribution in [2.45, 2.75) is 11.8 Å². The Morgan fingerprint density at radius 3 is 1.82 bits per heavy atom. The van der Waals surface area contributed by atoms with Crippen LogP contribution in [0, 0.1) is 5.92 Å². The van der Waals surface area contributed by atoms with Gasteiger partial charge in [0.05, 0.1) is 26.6 Å². The third-order valence-electron chi connectivity index (χ3n) is 4.50. The first-order valence-electron chi connectivity index (χ1n) is 8.56. The van der Waals surface area contributed by atoms with Crippen molar-refractivity contribution in [3.05, 3.63) is 71.8 Å². The van der Waals surface area contributed by atoms with Gasteiger partial charge in [-0.3, -0.25) is 14.2 Å². The lowest BCUT2D eigenvalue weighted by Gasteiger charge is -2.35. The van der Waals surface area contributed by atoms with Crippen molar-refractivity contribution in [3.63, 3.8) is 0 Å².